The Morgan fingerprint density at radius 3 is 2.32 bits per heavy atom. The summed E-state index contributed by atoms with van der Waals surface area (Å²) in [5, 5.41) is 3.31. The van der Waals surface area contributed by atoms with E-state index in [0.717, 1.165) is 32.5 Å². The Morgan fingerprint density at radius 1 is 1.18 bits per heavy atom. The Morgan fingerprint density at radius 2 is 1.82 bits per heavy atom. The molecule has 122 valence electrons. The summed E-state index contributed by atoms with van der Waals surface area (Å²) in [7, 11) is 0. The van der Waals surface area contributed by atoms with Crippen molar-refractivity contribution in [3.8, 4) is 0 Å². The topological polar surface area (TPSA) is 49.4 Å². The molecule has 1 unspecified atom stereocenters. The highest BCUT2D eigenvalue weighted by Crippen LogP contribution is 2.15. The van der Waals surface area contributed by atoms with Gasteiger partial charge in [0.2, 0.25) is 0 Å². The van der Waals surface area contributed by atoms with E-state index in [1.54, 1.807) is 24.3 Å². The molecule has 1 heterocycles. The highest BCUT2D eigenvalue weighted by Gasteiger charge is 2.26. The van der Waals surface area contributed by atoms with Crippen LogP contribution in [-0.4, -0.2) is 42.3 Å². The van der Waals surface area contributed by atoms with Crippen molar-refractivity contribution in [1.29, 1.82) is 0 Å². The summed E-state index contributed by atoms with van der Waals surface area (Å²) in [6.07, 6.45) is 2.45. The van der Waals surface area contributed by atoms with Crippen molar-refractivity contribution in [2.24, 2.45) is 0 Å². The second kappa shape index (κ2) is 8.91. The average molecular weight is 325 g/mol. The van der Waals surface area contributed by atoms with E-state index >= 15 is 0 Å². The van der Waals surface area contributed by atoms with Crippen molar-refractivity contribution in [3.05, 3.63) is 35.4 Å². The minimum Gasteiger partial charge on any atom is -0.334 e. The number of carbonyl (C=O) groups excluding carboxylic acids is 2. The van der Waals surface area contributed by atoms with Crippen LogP contribution in [0.1, 0.15) is 53.8 Å². The third kappa shape index (κ3) is 4.31. The number of halogens is 1. The van der Waals surface area contributed by atoms with Gasteiger partial charge in [0.25, 0.3) is 5.91 Å². The van der Waals surface area contributed by atoms with Gasteiger partial charge in [0.05, 0.1) is 0 Å². The molecule has 1 aliphatic heterocycles. The fraction of sp³-hybridized carbons (Fsp3) is 0.529. The number of benzene rings is 1. The Labute approximate surface area is 138 Å². The molecule has 1 aromatic rings. The lowest BCUT2D eigenvalue weighted by Gasteiger charge is -2.28. The first-order valence-electron chi connectivity index (χ1n) is 7.82. The van der Waals surface area contributed by atoms with Crippen molar-refractivity contribution in [3.63, 3.8) is 0 Å². The predicted octanol–water partition coefficient (Wildman–Crippen LogP) is 2.92. The lowest BCUT2D eigenvalue weighted by Crippen LogP contribution is -2.42. The Hall–Kier alpha value is -1.39. The van der Waals surface area contributed by atoms with Crippen LogP contribution in [0.25, 0.3) is 0 Å². The number of hydrogen-bond acceptors (Lipinski definition) is 3. The SMILES string of the molecule is CCCN(C(=O)c1ccc(C(=O)CC)cc1)C1CCNC1.Cl. The van der Waals surface area contributed by atoms with Crippen molar-refractivity contribution < 1.29 is 9.59 Å². The molecule has 1 aliphatic rings. The molecule has 5 heteroatoms. The molecule has 1 atom stereocenters. The molecule has 0 aromatic heterocycles. The second-order valence-electron chi connectivity index (χ2n) is 5.50. The molecular weight excluding hydrogens is 300 g/mol. The third-order valence-corrected chi connectivity index (χ3v) is 3.98. The fourth-order valence-electron chi connectivity index (χ4n) is 2.76. The van der Waals surface area contributed by atoms with E-state index in [-0.39, 0.29) is 30.1 Å². The van der Waals surface area contributed by atoms with Gasteiger partial charge in [-0.1, -0.05) is 26.0 Å². The van der Waals surface area contributed by atoms with Crippen molar-refractivity contribution in [2.75, 3.05) is 19.6 Å². The van der Waals surface area contributed by atoms with Gasteiger partial charge in [-0.15, -0.1) is 12.4 Å². The standard InChI is InChI=1S/C17H24N2O2.ClH/c1-3-11-19(15-9-10-18-12-15)17(21)14-7-5-13(6-8-14)16(20)4-2;/h5-8,15,18H,3-4,9-12H2,1-2H3;1H. The highest BCUT2D eigenvalue weighted by molar-refractivity contribution is 5.98. The zero-order valence-electron chi connectivity index (χ0n) is 13.3. The van der Waals surface area contributed by atoms with E-state index in [1.807, 2.05) is 11.8 Å². The summed E-state index contributed by atoms with van der Waals surface area (Å²) in [6, 6.07) is 7.35. The zero-order valence-corrected chi connectivity index (χ0v) is 14.1. The van der Waals surface area contributed by atoms with Crippen LogP contribution < -0.4 is 5.32 Å². The van der Waals surface area contributed by atoms with E-state index < -0.39 is 0 Å². The van der Waals surface area contributed by atoms with E-state index in [4.69, 9.17) is 0 Å². The van der Waals surface area contributed by atoms with Gasteiger partial charge in [-0.2, -0.15) is 0 Å². The van der Waals surface area contributed by atoms with Crippen LogP contribution in [0.5, 0.6) is 0 Å². The van der Waals surface area contributed by atoms with Crippen LogP contribution in [0.3, 0.4) is 0 Å². The minimum absolute atomic E-state index is 0. The van der Waals surface area contributed by atoms with E-state index in [0.29, 0.717) is 17.5 Å². The molecule has 22 heavy (non-hydrogen) atoms. The largest absolute Gasteiger partial charge is 0.334 e. The minimum atomic E-state index is 0. The zero-order chi connectivity index (χ0) is 15.2. The monoisotopic (exact) mass is 324 g/mol. The number of carbonyl (C=O) groups is 2. The molecule has 1 N–H and O–H groups in total. The van der Waals surface area contributed by atoms with Crippen molar-refractivity contribution in [1.82, 2.24) is 10.2 Å². The Kier molecular flexibility index (Phi) is 7.56. The number of Topliss-reactive ketones (excluding diaryl/α,β-unsaturated/α-hetero) is 1. The normalized spacial score (nSPS) is 16.9. The maximum atomic E-state index is 12.7. The molecule has 1 aromatic carbocycles. The van der Waals surface area contributed by atoms with Gasteiger partial charge < -0.3 is 10.2 Å². The molecule has 0 aliphatic carbocycles. The van der Waals surface area contributed by atoms with Crippen LogP contribution in [0.4, 0.5) is 0 Å². The van der Waals surface area contributed by atoms with Gasteiger partial charge in [-0.25, -0.2) is 0 Å². The van der Waals surface area contributed by atoms with Gasteiger partial charge in [0.15, 0.2) is 5.78 Å². The molecule has 0 saturated carbocycles. The molecule has 1 amide bonds. The smallest absolute Gasteiger partial charge is 0.254 e. The summed E-state index contributed by atoms with van der Waals surface area (Å²) >= 11 is 0. The van der Waals surface area contributed by atoms with Gasteiger partial charge in [-0.3, -0.25) is 9.59 Å². The fourth-order valence-corrected chi connectivity index (χ4v) is 2.76. The van der Waals surface area contributed by atoms with Crippen LogP contribution in [0.2, 0.25) is 0 Å². The maximum absolute atomic E-state index is 12.7. The van der Waals surface area contributed by atoms with Gasteiger partial charge in [0, 0.05) is 36.7 Å². The summed E-state index contributed by atoms with van der Waals surface area (Å²) in [5.74, 6) is 0.181. The molecule has 0 bridgehead atoms. The van der Waals surface area contributed by atoms with Gasteiger partial charge >= 0.3 is 0 Å². The van der Waals surface area contributed by atoms with Crippen LogP contribution >= 0.6 is 12.4 Å². The van der Waals surface area contributed by atoms with Crippen LogP contribution in [-0.2, 0) is 0 Å². The number of amides is 1. The number of ketones is 1. The summed E-state index contributed by atoms with van der Waals surface area (Å²) < 4.78 is 0. The first-order valence-corrected chi connectivity index (χ1v) is 7.82. The highest BCUT2D eigenvalue weighted by atomic mass is 35.5. The lowest BCUT2D eigenvalue weighted by molar-refractivity contribution is 0.0692. The molecular formula is C17H25ClN2O2. The number of hydrogen-bond donors (Lipinski definition) is 1. The van der Waals surface area contributed by atoms with Gasteiger partial charge in [-0.05, 0) is 31.5 Å². The van der Waals surface area contributed by atoms with Crippen molar-refractivity contribution in [2.45, 2.75) is 39.2 Å². The summed E-state index contributed by atoms with van der Waals surface area (Å²) in [5.41, 5.74) is 1.35. The van der Waals surface area contributed by atoms with Gasteiger partial charge in [0.1, 0.15) is 0 Å². The average Bonchev–Trinajstić information content (AvgIpc) is 3.05. The van der Waals surface area contributed by atoms with E-state index in [1.165, 1.54) is 0 Å². The third-order valence-electron chi connectivity index (χ3n) is 3.98. The molecule has 0 radical (unpaired) electrons. The second-order valence-corrected chi connectivity index (χ2v) is 5.50. The maximum Gasteiger partial charge on any atom is 0.254 e. The van der Waals surface area contributed by atoms with E-state index in [2.05, 4.69) is 12.2 Å². The van der Waals surface area contributed by atoms with E-state index in [9.17, 15) is 9.59 Å². The number of nitrogens with zero attached hydrogens (tertiary/aromatic N) is 1. The predicted molar refractivity (Wildman–Crippen MR) is 90.9 cm³/mol. The number of nitrogens with one attached hydrogen (secondary N) is 1. The van der Waals surface area contributed by atoms with Crippen LogP contribution in [0, 0.1) is 0 Å². The molecule has 0 spiro atoms. The molecule has 2 rings (SSSR count). The van der Waals surface area contributed by atoms with Crippen LogP contribution in [0.15, 0.2) is 24.3 Å². The summed E-state index contributed by atoms with van der Waals surface area (Å²) in [4.78, 5) is 26.3. The first-order chi connectivity index (χ1) is 10.2. The van der Waals surface area contributed by atoms with Crippen molar-refractivity contribution >= 4 is 24.1 Å². The molecule has 1 fully saturated rings. The Balaban J connectivity index is 0.00000242. The quantitative estimate of drug-likeness (QED) is 0.819. The summed E-state index contributed by atoms with van der Waals surface area (Å²) in [6.45, 7) is 6.56. The number of rotatable bonds is 6. The molecule has 4 nitrogen and oxygen atoms in total. The molecule has 1 saturated heterocycles. The lowest BCUT2D eigenvalue weighted by atomic mass is 10.1. The first kappa shape index (κ1) is 18.7. The Bertz CT molecular complexity index is 496.